The van der Waals surface area contributed by atoms with Crippen molar-refractivity contribution < 1.29 is 4.92 Å². The highest BCUT2D eigenvalue weighted by atomic mass is 32.1. The summed E-state index contributed by atoms with van der Waals surface area (Å²) in [6.45, 7) is 2.79. The molecule has 0 aliphatic carbocycles. The Balaban J connectivity index is 1.81. The van der Waals surface area contributed by atoms with Gasteiger partial charge in [0.2, 0.25) is 0 Å². The molecule has 0 amide bonds. The standard InChI is InChI=1S/C20H19N5O2S/c1-2-23-19(18(22-20(23)28)16-9-3-4-11-21-16)17-10-6-12-24(17)14-7-5-8-15(13-14)25(26)27/h3-13,18-19H,2H2,1H3,(H,22,28)/t18-,19-/m0/s1. The number of rotatable bonds is 5. The van der Waals surface area contributed by atoms with Crippen molar-refractivity contribution in [3.8, 4) is 5.69 Å². The summed E-state index contributed by atoms with van der Waals surface area (Å²) >= 11 is 5.57. The normalized spacial score (nSPS) is 18.9. The van der Waals surface area contributed by atoms with Gasteiger partial charge in [0, 0.05) is 36.8 Å². The van der Waals surface area contributed by atoms with Crippen molar-refractivity contribution in [1.82, 2.24) is 19.8 Å². The van der Waals surface area contributed by atoms with Crippen LogP contribution >= 0.6 is 12.2 Å². The number of hydrogen-bond donors (Lipinski definition) is 1. The van der Waals surface area contributed by atoms with Crippen LogP contribution < -0.4 is 5.32 Å². The molecular formula is C20H19N5O2S. The van der Waals surface area contributed by atoms with Crippen LogP contribution in [0.5, 0.6) is 0 Å². The minimum Gasteiger partial charge on any atom is -0.352 e. The third kappa shape index (κ3) is 3.11. The first-order valence-electron chi connectivity index (χ1n) is 9.00. The molecule has 0 spiro atoms. The number of nitrogens with zero attached hydrogens (tertiary/aromatic N) is 4. The molecule has 1 fully saturated rings. The van der Waals surface area contributed by atoms with Crippen molar-refractivity contribution in [1.29, 1.82) is 0 Å². The number of non-ortho nitro benzene ring substituents is 1. The zero-order valence-corrected chi connectivity index (χ0v) is 16.0. The lowest BCUT2D eigenvalue weighted by molar-refractivity contribution is -0.384. The van der Waals surface area contributed by atoms with E-state index in [-0.39, 0.29) is 22.7 Å². The van der Waals surface area contributed by atoms with Gasteiger partial charge in [-0.15, -0.1) is 0 Å². The quantitative estimate of drug-likeness (QED) is 0.404. The molecule has 7 nitrogen and oxygen atoms in total. The summed E-state index contributed by atoms with van der Waals surface area (Å²) in [6.07, 6.45) is 3.68. The molecule has 142 valence electrons. The predicted molar refractivity (Wildman–Crippen MR) is 110 cm³/mol. The van der Waals surface area contributed by atoms with Crippen molar-refractivity contribution in [2.75, 3.05) is 6.54 Å². The van der Waals surface area contributed by atoms with Crippen LogP contribution in [-0.2, 0) is 0 Å². The lowest BCUT2D eigenvalue weighted by Gasteiger charge is -2.27. The molecule has 0 bridgehead atoms. The second kappa shape index (κ2) is 7.40. The molecule has 4 rings (SSSR count). The van der Waals surface area contributed by atoms with Crippen molar-refractivity contribution in [2.24, 2.45) is 0 Å². The maximum atomic E-state index is 11.2. The molecule has 1 aromatic carbocycles. The molecule has 2 aromatic heterocycles. The highest BCUT2D eigenvalue weighted by molar-refractivity contribution is 7.80. The lowest BCUT2D eigenvalue weighted by Crippen LogP contribution is -2.30. The average Bonchev–Trinajstić information content (AvgIpc) is 3.32. The second-order valence-electron chi connectivity index (χ2n) is 6.49. The van der Waals surface area contributed by atoms with Gasteiger partial charge in [-0.1, -0.05) is 12.1 Å². The maximum absolute atomic E-state index is 11.2. The minimum absolute atomic E-state index is 0.0610. The van der Waals surface area contributed by atoms with Crippen LogP contribution in [0.4, 0.5) is 5.69 Å². The van der Waals surface area contributed by atoms with E-state index in [1.807, 2.05) is 47.2 Å². The van der Waals surface area contributed by atoms with E-state index in [4.69, 9.17) is 12.2 Å². The molecule has 3 aromatic rings. The van der Waals surface area contributed by atoms with E-state index in [0.717, 1.165) is 23.6 Å². The molecule has 2 atom stereocenters. The summed E-state index contributed by atoms with van der Waals surface area (Å²) in [4.78, 5) is 17.5. The van der Waals surface area contributed by atoms with E-state index >= 15 is 0 Å². The summed E-state index contributed by atoms with van der Waals surface area (Å²) in [5, 5.41) is 15.3. The summed E-state index contributed by atoms with van der Waals surface area (Å²) in [6, 6.07) is 16.2. The Kier molecular flexibility index (Phi) is 4.79. The molecule has 8 heteroatoms. The van der Waals surface area contributed by atoms with E-state index in [9.17, 15) is 10.1 Å². The SMILES string of the molecule is CCN1C(=S)N[C@@H](c2ccccn2)[C@@H]1c1cccn1-c1cccc([N+](=O)[O-])c1. The van der Waals surface area contributed by atoms with Gasteiger partial charge < -0.3 is 14.8 Å². The van der Waals surface area contributed by atoms with Gasteiger partial charge in [-0.2, -0.15) is 0 Å². The highest BCUT2D eigenvalue weighted by Gasteiger charge is 2.40. The van der Waals surface area contributed by atoms with Crippen LogP contribution in [0.15, 0.2) is 67.0 Å². The number of nitro benzene ring substituents is 1. The fourth-order valence-corrected chi connectivity index (χ4v) is 4.06. The first-order valence-corrected chi connectivity index (χ1v) is 9.41. The van der Waals surface area contributed by atoms with Crippen LogP contribution in [0.3, 0.4) is 0 Å². The molecule has 1 saturated heterocycles. The van der Waals surface area contributed by atoms with E-state index in [2.05, 4.69) is 22.1 Å². The number of nitro groups is 1. The fraction of sp³-hybridized carbons (Fsp3) is 0.200. The monoisotopic (exact) mass is 393 g/mol. The van der Waals surface area contributed by atoms with Crippen LogP contribution in [-0.4, -0.2) is 31.0 Å². The Bertz CT molecular complexity index is 1020. The first-order chi connectivity index (χ1) is 13.6. The maximum Gasteiger partial charge on any atom is 0.271 e. The second-order valence-corrected chi connectivity index (χ2v) is 6.88. The van der Waals surface area contributed by atoms with Gasteiger partial charge in [0.05, 0.1) is 28.4 Å². The number of benzene rings is 1. The number of nitrogens with one attached hydrogen (secondary N) is 1. The molecule has 1 N–H and O–H groups in total. The third-order valence-electron chi connectivity index (χ3n) is 4.94. The minimum atomic E-state index is -0.381. The van der Waals surface area contributed by atoms with Gasteiger partial charge >= 0.3 is 0 Å². The zero-order valence-electron chi connectivity index (χ0n) is 15.2. The van der Waals surface area contributed by atoms with E-state index in [1.165, 1.54) is 6.07 Å². The third-order valence-corrected chi connectivity index (χ3v) is 5.29. The highest BCUT2D eigenvalue weighted by Crippen LogP contribution is 2.39. The smallest absolute Gasteiger partial charge is 0.271 e. The topological polar surface area (TPSA) is 76.2 Å². The molecule has 0 unspecified atom stereocenters. The number of aromatic nitrogens is 2. The molecule has 3 heterocycles. The molecule has 1 aliphatic heterocycles. The van der Waals surface area contributed by atoms with E-state index in [0.29, 0.717) is 5.11 Å². The van der Waals surface area contributed by atoms with Gasteiger partial charge in [-0.3, -0.25) is 15.1 Å². The summed E-state index contributed by atoms with van der Waals surface area (Å²) in [5.74, 6) is 0. The van der Waals surface area contributed by atoms with Gasteiger partial charge in [-0.05, 0) is 49.5 Å². The predicted octanol–water partition coefficient (Wildman–Crippen LogP) is 3.77. The average molecular weight is 393 g/mol. The molecule has 0 radical (unpaired) electrons. The van der Waals surface area contributed by atoms with Gasteiger partial charge in [0.25, 0.3) is 5.69 Å². The first kappa shape index (κ1) is 18.1. The van der Waals surface area contributed by atoms with Gasteiger partial charge in [0.1, 0.15) is 0 Å². The number of likely N-dealkylation sites (N-methyl/N-ethyl adjacent to an activating group) is 1. The number of hydrogen-bond acceptors (Lipinski definition) is 4. The lowest BCUT2D eigenvalue weighted by atomic mass is 10.0. The van der Waals surface area contributed by atoms with Crippen molar-refractivity contribution in [3.63, 3.8) is 0 Å². The summed E-state index contributed by atoms with van der Waals surface area (Å²) < 4.78 is 1.98. The Hall–Kier alpha value is -3.26. The van der Waals surface area contributed by atoms with Gasteiger partial charge in [-0.25, -0.2) is 0 Å². The Morgan fingerprint density at radius 3 is 2.79 bits per heavy atom. The van der Waals surface area contributed by atoms with Crippen LogP contribution in [0.2, 0.25) is 0 Å². The van der Waals surface area contributed by atoms with Crippen LogP contribution in [0.25, 0.3) is 5.69 Å². The van der Waals surface area contributed by atoms with E-state index in [1.54, 1.807) is 18.3 Å². The molecule has 28 heavy (non-hydrogen) atoms. The van der Waals surface area contributed by atoms with Crippen LogP contribution in [0, 0.1) is 10.1 Å². The van der Waals surface area contributed by atoms with E-state index < -0.39 is 0 Å². The molecule has 1 aliphatic rings. The Morgan fingerprint density at radius 1 is 1.21 bits per heavy atom. The zero-order chi connectivity index (χ0) is 19.7. The Morgan fingerprint density at radius 2 is 2.07 bits per heavy atom. The van der Waals surface area contributed by atoms with Crippen molar-refractivity contribution in [2.45, 2.75) is 19.0 Å². The van der Waals surface area contributed by atoms with Gasteiger partial charge in [0.15, 0.2) is 5.11 Å². The number of pyridine rings is 1. The van der Waals surface area contributed by atoms with Crippen molar-refractivity contribution in [3.05, 3.63) is 88.5 Å². The molecular weight excluding hydrogens is 374 g/mol. The largest absolute Gasteiger partial charge is 0.352 e. The van der Waals surface area contributed by atoms with Crippen LogP contribution in [0.1, 0.15) is 30.4 Å². The summed E-state index contributed by atoms with van der Waals surface area (Å²) in [5.41, 5.74) is 2.69. The number of thiocarbonyl (C=S) groups is 1. The van der Waals surface area contributed by atoms with Crippen molar-refractivity contribution >= 4 is 23.0 Å². The molecule has 0 saturated carbocycles. The Labute approximate surface area is 167 Å². The summed E-state index contributed by atoms with van der Waals surface area (Å²) in [7, 11) is 0. The fourth-order valence-electron chi connectivity index (χ4n) is 3.69.